The minimum atomic E-state index is -0.752. The third kappa shape index (κ3) is 4.55. The van der Waals surface area contributed by atoms with Crippen LogP contribution in [0.5, 0.6) is 17.2 Å². The first-order valence-electron chi connectivity index (χ1n) is 7.97. The van der Waals surface area contributed by atoms with Crippen LogP contribution >= 0.6 is 17.8 Å². The Bertz CT molecular complexity index is 739. The van der Waals surface area contributed by atoms with Gasteiger partial charge >= 0.3 is 0 Å². The predicted molar refractivity (Wildman–Crippen MR) is 116 cm³/mol. The summed E-state index contributed by atoms with van der Waals surface area (Å²) in [5, 5.41) is 3.66. The van der Waals surface area contributed by atoms with E-state index in [2.05, 4.69) is 36.4 Å². The summed E-state index contributed by atoms with van der Waals surface area (Å²) >= 11 is 0. The van der Waals surface area contributed by atoms with E-state index in [1.165, 1.54) is 15.9 Å². The van der Waals surface area contributed by atoms with Gasteiger partial charge in [0, 0.05) is 0 Å². The summed E-state index contributed by atoms with van der Waals surface area (Å²) in [7, 11) is 4.33. The molecule has 0 amide bonds. The van der Waals surface area contributed by atoms with Gasteiger partial charge in [0.1, 0.15) is 17.2 Å². The van der Waals surface area contributed by atoms with E-state index in [1.807, 2.05) is 36.4 Å². The molecule has 0 saturated heterocycles. The summed E-state index contributed by atoms with van der Waals surface area (Å²) in [6.07, 6.45) is 0. The largest absolute Gasteiger partial charge is 0.497 e. The summed E-state index contributed by atoms with van der Waals surface area (Å²) in [6, 6.07) is 24.7. The quantitative estimate of drug-likeness (QED) is 0.607. The Morgan fingerprint density at radius 1 is 0.538 bits per heavy atom. The molecule has 1 atom stereocenters. The number of rotatable bonds is 6. The molecule has 0 spiro atoms. The van der Waals surface area contributed by atoms with Crippen LogP contribution in [0, 0.1) is 0 Å². The van der Waals surface area contributed by atoms with E-state index in [0.717, 1.165) is 17.2 Å². The van der Waals surface area contributed by atoms with Crippen molar-refractivity contribution in [2.45, 2.75) is 0 Å². The van der Waals surface area contributed by atoms with E-state index in [1.54, 1.807) is 21.3 Å². The lowest BCUT2D eigenvalue weighted by atomic mass is 10.3. The van der Waals surface area contributed by atoms with Gasteiger partial charge in [-0.2, -0.15) is 9.90 Å². The Morgan fingerprint density at radius 2 is 0.846 bits per heavy atom. The van der Waals surface area contributed by atoms with E-state index in [-0.39, 0.29) is 9.90 Å². The molecule has 0 bridgehead atoms. The second-order valence-electron chi connectivity index (χ2n) is 5.44. The molecule has 0 radical (unpaired) electrons. The molecule has 136 valence electrons. The highest BCUT2D eigenvalue weighted by molar-refractivity contribution is 7.79. The molecule has 3 aromatic carbocycles. The van der Waals surface area contributed by atoms with Gasteiger partial charge in [-0.1, -0.05) is 36.4 Å². The highest BCUT2D eigenvalue weighted by Gasteiger charge is 2.18. The Kier molecular flexibility index (Phi) is 7.45. The zero-order chi connectivity index (χ0) is 17.6. The van der Waals surface area contributed by atoms with Crippen LogP contribution in [-0.4, -0.2) is 21.3 Å². The first-order valence-corrected chi connectivity index (χ1v) is 9.31. The summed E-state index contributed by atoms with van der Waals surface area (Å²) in [5.74, 6) is 2.57. The van der Waals surface area contributed by atoms with E-state index in [0.29, 0.717) is 0 Å². The van der Waals surface area contributed by atoms with Gasteiger partial charge in [-0.15, -0.1) is 0 Å². The van der Waals surface area contributed by atoms with Crippen molar-refractivity contribution >= 4 is 33.7 Å². The number of benzene rings is 3. The summed E-state index contributed by atoms with van der Waals surface area (Å²) in [4.78, 5) is 0. The van der Waals surface area contributed by atoms with Crippen LogP contribution in [0.4, 0.5) is 0 Å². The van der Waals surface area contributed by atoms with Gasteiger partial charge in [0.25, 0.3) is 0 Å². The number of hydrogen-bond acceptors (Lipinski definition) is 3. The standard InChI is InChI=1S/C21H21O3P.H3P/c1-22-16-7-4-10-19(13-16)25(20-11-5-8-17(14-20)23-2)21-12-6-9-18(15-21)24-3;/h4-15H,1-3H3;1H3. The van der Waals surface area contributed by atoms with Crippen molar-refractivity contribution in [2.24, 2.45) is 0 Å². The fraction of sp³-hybridized carbons (Fsp3) is 0.143. The monoisotopic (exact) mass is 386 g/mol. The van der Waals surface area contributed by atoms with Crippen molar-refractivity contribution in [1.29, 1.82) is 0 Å². The van der Waals surface area contributed by atoms with Crippen LogP contribution in [0.25, 0.3) is 0 Å². The maximum Gasteiger partial charge on any atom is 0.119 e. The Balaban J connectivity index is 0.00000243. The molecule has 0 aliphatic heterocycles. The summed E-state index contributed by atoms with van der Waals surface area (Å²) in [6.45, 7) is 0. The normalized spacial score (nSPS) is 10.2. The molecule has 3 rings (SSSR count). The Labute approximate surface area is 159 Å². The van der Waals surface area contributed by atoms with Crippen molar-refractivity contribution < 1.29 is 14.2 Å². The van der Waals surface area contributed by atoms with Gasteiger partial charge in [-0.25, -0.2) is 0 Å². The molecule has 0 fully saturated rings. The SMILES string of the molecule is COc1cccc(P(c2cccc(OC)c2)c2cccc(OC)c2)c1.P. The number of methoxy groups -OCH3 is 3. The average molecular weight is 386 g/mol. The van der Waals surface area contributed by atoms with Gasteiger partial charge in [0.05, 0.1) is 21.3 Å². The van der Waals surface area contributed by atoms with Crippen LogP contribution in [0.15, 0.2) is 72.8 Å². The molecular formula is C21H24O3P2. The van der Waals surface area contributed by atoms with Crippen LogP contribution in [0.2, 0.25) is 0 Å². The maximum atomic E-state index is 5.43. The van der Waals surface area contributed by atoms with Gasteiger partial charge in [0.15, 0.2) is 0 Å². The summed E-state index contributed by atoms with van der Waals surface area (Å²) < 4.78 is 16.3. The van der Waals surface area contributed by atoms with Gasteiger partial charge in [0.2, 0.25) is 0 Å². The molecule has 0 aliphatic rings. The van der Waals surface area contributed by atoms with Crippen LogP contribution in [0.3, 0.4) is 0 Å². The molecule has 3 aromatic rings. The Morgan fingerprint density at radius 3 is 1.12 bits per heavy atom. The molecule has 0 N–H and O–H groups in total. The topological polar surface area (TPSA) is 27.7 Å². The average Bonchev–Trinajstić information content (AvgIpc) is 2.68. The second-order valence-corrected chi connectivity index (χ2v) is 7.66. The molecule has 1 unspecified atom stereocenters. The fourth-order valence-corrected chi connectivity index (χ4v) is 5.06. The lowest BCUT2D eigenvalue weighted by Gasteiger charge is -2.21. The van der Waals surface area contributed by atoms with E-state index < -0.39 is 7.92 Å². The zero-order valence-corrected chi connectivity index (χ0v) is 17.6. The van der Waals surface area contributed by atoms with Crippen molar-refractivity contribution in [3.8, 4) is 17.2 Å². The smallest absolute Gasteiger partial charge is 0.119 e. The first kappa shape index (κ1) is 20.2. The minimum Gasteiger partial charge on any atom is -0.497 e. The molecule has 0 aromatic heterocycles. The molecule has 3 nitrogen and oxygen atoms in total. The van der Waals surface area contributed by atoms with E-state index in [4.69, 9.17) is 14.2 Å². The number of ether oxygens (including phenoxy) is 3. The van der Waals surface area contributed by atoms with Gasteiger partial charge < -0.3 is 14.2 Å². The van der Waals surface area contributed by atoms with Crippen LogP contribution in [0.1, 0.15) is 0 Å². The fourth-order valence-electron chi connectivity index (χ4n) is 2.70. The van der Waals surface area contributed by atoms with Crippen LogP contribution < -0.4 is 30.1 Å². The highest BCUT2D eigenvalue weighted by Crippen LogP contribution is 2.35. The minimum absolute atomic E-state index is 0. The van der Waals surface area contributed by atoms with E-state index >= 15 is 0 Å². The second kappa shape index (κ2) is 9.57. The lowest BCUT2D eigenvalue weighted by Crippen LogP contribution is -2.21. The van der Waals surface area contributed by atoms with Crippen molar-refractivity contribution in [1.82, 2.24) is 0 Å². The zero-order valence-electron chi connectivity index (χ0n) is 15.3. The van der Waals surface area contributed by atoms with Gasteiger partial charge in [-0.3, -0.25) is 0 Å². The predicted octanol–water partition coefficient (Wildman–Crippen LogP) is 3.53. The molecule has 26 heavy (non-hydrogen) atoms. The Hall–Kier alpha value is -2.08. The molecule has 0 saturated carbocycles. The third-order valence-corrected chi connectivity index (χ3v) is 6.32. The highest BCUT2D eigenvalue weighted by atomic mass is 31.1. The maximum absolute atomic E-state index is 5.43. The van der Waals surface area contributed by atoms with E-state index in [9.17, 15) is 0 Å². The number of hydrogen-bond donors (Lipinski definition) is 0. The molecule has 0 heterocycles. The first-order chi connectivity index (χ1) is 12.2. The molecular weight excluding hydrogens is 362 g/mol. The van der Waals surface area contributed by atoms with Crippen molar-refractivity contribution in [3.63, 3.8) is 0 Å². The van der Waals surface area contributed by atoms with Crippen molar-refractivity contribution in [3.05, 3.63) is 72.8 Å². The van der Waals surface area contributed by atoms with Gasteiger partial charge in [-0.05, 0) is 60.2 Å². The molecule has 5 heteroatoms. The summed E-state index contributed by atoms with van der Waals surface area (Å²) in [5.41, 5.74) is 0. The molecule has 0 aliphatic carbocycles. The lowest BCUT2D eigenvalue weighted by molar-refractivity contribution is 0.415. The van der Waals surface area contributed by atoms with Crippen molar-refractivity contribution in [2.75, 3.05) is 21.3 Å². The third-order valence-electron chi connectivity index (χ3n) is 3.93. The van der Waals surface area contributed by atoms with Crippen LogP contribution in [-0.2, 0) is 0 Å².